The Morgan fingerprint density at radius 1 is 1.09 bits per heavy atom. The summed E-state index contributed by atoms with van der Waals surface area (Å²) in [6.45, 7) is -0.394. The van der Waals surface area contributed by atoms with E-state index in [1.165, 1.54) is 30.0 Å². The van der Waals surface area contributed by atoms with Gasteiger partial charge in [-0.25, -0.2) is 9.37 Å². The van der Waals surface area contributed by atoms with Crippen LogP contribution < -0.4 is 15.7 Å². The van der Waals surface area contributed by atoms with E-state index in [2.05, 4.69) is 10.4 Å². The number of rotatable bonds is 7. The number of aromatic nitrogens is 2. The summed E-state index contributed by atoms with van der Waals surface area (Å²) in [7, 11) is 0. The van der Waals surface area contributed by atoms with E-state index in [0.29, 0.717) is 27.2 Å². The highest BCUT2D eigenvalue weighted by Crippen LogP contribution is 2.27. The molecule has 3 aromatic carbocycles. The predicted molar refractivity (Wildman–Crippen MR) is 128 cm³/mol. The van der Waals surface area contributed by atoms with Crippen molar-refractivity contribution in [2.24, 2.45) is 0 Å². The van der Waals surface area contributed by atoms with Crippen molar-refractivity contribution in [2.45, 2.75) is 10.9 Å². The Morgan fingerprint density at radius 3 is 2.70 bits per heavy atom. The molecule has 0 aliphatic rings. The van der Waals surface area contributed by atoms with Gasteiger partial charge >= 0.3 is 0 Å². The Labute approximate surface area is 202 Å². The van der Waals surface area contributed by atoms with E-state index in [-0.39, 0.29) is 21.7 Å². The largest absolute Gasteiger partial charge is 0.482 e. The van der Waals surface area contributed by atoms with E-state index in [9.17, 15) is 14.0 Å². The van der Waals surface area contributed by atoms with Crippen LogP contribution >= 0.6 is 35.0 Å². The molecular formula is C23H16Cl2FN3O3S. The second kappa shape index (κ2) is 10.2. The minimum atomic E-state index is -0.590. The summed E-state index contributed by atoms with van der Waals surface area (Å²) in [4.78, 5) is 30.2. The second-order valence-electron chi connectivity index (χ2n) is 6.87. The number of thioether (sulfide) groups is 1. The number of para-hydroxylation sites is 1. The van der Waals surface area contributed by atoms with Crippen molar-refractivity contribution in [3.63, 3.8) is 0 Å². The topological polar surface area (TPSA) is 73.2 Å². The van der Waals surface area contributed by atoms with E-state index in [1.807, 2.05) is 0 Å². The van der Waals surface area contributed by atoms with Crippen LogP contribution in [-0.4, -0.2) is 22.2 Å². The zero-order valence-corrected chi connectivity index (χ0v) is 19.3. The normalized spacial score (nSPS) is 10.9. The molecule has 0 atom stereocenters. The third-order valence-corrected chi connectivity index (χ3v) is 6.03. The van der Waals surface area contributed by atoms with Gasteiger partial charge in [0.2, 0.25) is 0 Å². The Morgan fingerprint density at radius 2 is 1.91 bits per heavy atom. The van der Waals surface area contributed by atoms with Gasteiger partial charge in [-0.1, -0.05) is 59.2 Å². The summed E-state index contributed by atoms with van der Waals surface area (Å²) in [6, 6.07) is 17.6. The number of benzene rings is 3. The SMILES string of the molecule is O=C(COc1ccc(Cl)cc1Cl)Nn1c(SCc2cccc(F)c2)nc2ccccc2c1=O. The predicted octanol–water partition coefficient (Wildman–Crippen LogP) is 5.28. The molecule has 0 spiro atoms. The fraction of sp³-hybridized carbons (Fsp3) is 0.0870. The molecule has 1 heterocycles. The summed E-state index contributed by atoms with van der Waals surface area (Å²) in [5.41, 5.74) is 3.28. The maximum absolute atomic E-state index is 13.5. The van der Waals surface area contributed by atoms with Gasteiger partial charge in [-0.05, 0) is 48.0 Å². The maximum Gasteiger partial charge on any atom is 0.281 e. The third kappa shape index (κ3) is 5.65. The van der Waals surface area contributed by atoms with Gasteiger partial charge in [0.15, 0.2) is 11.8 Å². The van der Waals surface area contributed by atoms with Crippen LogP contribution in [0.5, 0.6) is 5.75 Å². The third-order valence-electron chi connectivity index (χ3n) is 4.49. The van der Waals surface area contributed by atoms with Gasteiger partial charge in [0, 0.05) is 10.8 Å². The van der Waals surface area contributed by atoms with Crippen LogP contribution in [0.3, 0.4) is 0 Å². The van der Waals surface area contributed by atoms with Crippen molar-refractivity contribution in [3.05, 3.63) is 98.5 Å². The summed E-state index contributed by atoms with van der Waals surface area (Å²) in [5.74, 6) is -0.327. The lowest BCUT2D eigenvalue weighted by Crippen LogP contribution is -2.37. The Hall–Kier alpha value is -3.07. The highest BCUT2D eigenvalue weighted by molar-refractivity contribution is 7.98. The highest BCUT2D eigenvalue weighted by atomic mass is 35.5. The first-order chi connectivity index (χ1) is 15.9. The summed E-state index contributed by atoms with van der Waals surface area (Å²) < 4.78 is 20.0. The van der Waals surface area contributed by atoms with Gasteiger partial charge in [-0.2, -0.15) is 4.68 Å². The van der Waals surface area contributed by atoms with Crippen LogP contribution in [0.2, 0.25) is 10.0 Å². The molecule has 33 heavy (non-hydrogen) atoms. The van der Waals surface area contributed by atoms with Gasteiger partial charge in [0.05, 0.1) is 15.9 Å². The number of ether oxygens (including phenoxy) is 1. The summed E-state index contributed by atoms with van der Waals surface area (Å²) >= 11 is 13.1. The molecule has 1 amide bonds. The molecule has 4 rings (SSSR count). The van der Waals surface area contributed by atoms with Crippen LogP contribution in [0, 0.1) is 5.82 Å². The molecule has 6 nitrogen and oxygen atoms in total. The fourth-order valence-electron chi connectivity index (χ4n) is 2.97. The lowest BCUT2D eigenvalue weighted by molar-refractivity contribution is -0.119. The van der Waals surface area contributed by atoms with Crippen molar-refractivity contribution >= 4 is 51.8 Å². The Bertz CT molecular complexity index is 1400. The van der Waals surface area contributed by atoms with E-state index >= 15 is 0 Å². The molecular weight excluding hydrogens is 488 g/mol. The molecule has 168 valence electrons. The standard InChI is InChI=1S/C23H16Cl2FN3O3S/c24-15-8-9-20(18(25)11-15)32-12-21(30)28-29-22(31)17-6-1-2-7-19(17)27-23(29)33-13-14-4-3-5-16(26)10-14/h1-11H,12-13H2,(H,28,30). The molecule has 0 radical (unpaired) electrons. The number of nitrogens with zero attached hydrogens (tertiary/aromatic N) is 2. The first-order valence-corrected chi connectivity index (χ1v) is 11.4. The molecule has 0 aliphatic carbocycles. The number of hydrogen-bond acceptors (Lipinski definition) is 5. The monoisotopic (exact) mass is 503 g/mol. The van der Waals surface area contributed by atoms with Crippen LogP contribution in [0.4, 0.5) is 4.39 Å². The second-order valence-corrected chi connectivity index (χ2v) is 8.66. The number of fused-ring (bicyclic) bond motifs is 1. The van der Waals surface area contributed by atoms with Crippen molar-refractivity contribution in [2.75, 3.05) is 12.0 Å². The lowest BCUT2D eigenvalue weighted by atomic mass is 10.2. The smallest absolute Gasteiger partial charge is 0.281 e. The lowest BCUT2D eigenvalue weighted by Gasteiger charge is -2.14. The Kier molecular flexibility index (Phi) is 7.17. The summed E-state index contributed by atoms with van der Waals surface area (Å²) in [6.07, 6.45) is 0. The van der Waals surface area contributed by atoms with E-state index < -0.39 is 18.1 Å². The fourth-order valence-corrected chi connectivity index (χ4v) is 4.33. The maximum atomic E-state index is 13.5. The number of hydrogen-bond donors (Lipinski definition) is 1. The van der Waals surface area contributed by atoms with E-state index in [0.717, 1.165) is 4.68 Å². The molecule has 1 N–H and O–H groups in total. The van der Waals surface area contributed by atoms with Gasteiger partial charge in [-0.3, -0.25) is 15.0 Å². The van der Waals surface area contributed by atoms with Crippen LogP contribution in [-0.2, 0) is 10.5 Å². The van der Waals surface area contributed by atoms with E-state index in [4.69, 9.17) is 27.9 Å². The molecule has 10 heteroatoms. The van der Waals surface area contributed by atoms with Crippen molar-refractivity contribution < 1.29 is 13.9 Å². The van der Waals surface area contributed by atoms with Gasteiger partial charge in [0.1, 0.15) is 11.6 Å². The minimum Gasteiger partial charge on any atom is -0.482 e. The van der Waals surface area contributed by atoms with Crippen molar-refractivity contribution in [3.8, 4) is 5.75 Å². The van der Waals surface area contributed by atoms with Crippen LogP contribution in [0.15, 0.2) is 76.7 Å². The number of carbonyl (C=O) groups is 1. The number of halogens is 3. The zero-order chi connectivity index (χ0) is 23.4. The quantitative estimate of drug-likeness (QED) is 0.274. The molecule has 4 aromatic rings. The summed E-state index contributed by atoms with van der Waals surface area (Å²) in [5, 5.41) is 1.28. The molecule has 0 saturated heterocycles. The minimum absolute atomic E-state index is 0.251. The molecule has 0 unspecified atom stereocenters. The first kappa shape index (κ1) is 23.1. The average Bonchev–Trinajstić information content (AvgIpc) is 2.79. The van der Waals surface area contributed by atoms with Crippen molar-refractivity contribution in [1.82, 2.24) is 9.66 Å². The number of amides is 1. The van der Waals surface area contributed by atoms with Gasteiger partial charge < -0.3 is 4.74 Å². The van der Waals surface area contributed by atoms with Crippen molar-refractivity contribution in [1.29, 1.82) is 0 Å². The number of carbonyl (C=O) groups excluding carboxylic acids is 1. The number of nitrogens with one attached hydrogen (secondary N) is 1. The molecule has 0 saturated carbocycles. The zero-order valence-electron chi connectivity index (χ0n) is 16.9. The Balaban J connectivity index is 1.57. The molecule has 0 fully saturated rings. The molecule has 0 bridgehead atoms. The molecule has 0 aliphatic heterocycles. The van der Waals surface area contributed by atoms with Gasteiger partial charge in [0.25, 0.3) is 11.5 Å². The first-order valence-electron chi connectivity index (χ1n) is 9.67. The van der Waals surface area contributed by atoms with E-state index in [1.54, 1.807) is 48.5 Å². The highest BCUT2D eigenvalue weighted by Gasteiger charge is 2.15. The average molecular weight is 504 g/mol. The molecule has 1 aromatic heterocycles. The van der Waals surface area contributed by atoms with Crippen LogP contribution in [0.25, 0.3) is 10.9 Å². The van der Waals surface area contributed by atoms with Gasteiger partial charge in [-0.15, -0.1) is 0 Å². The van der Waals surface area contributed by atoms with Crippen LogP contribution in [0.1, 0.15) is 5.56 Å².